The second kappa shape index (κ2) is 10.1. The van der Waals surface area contributed by atoms with Gasteiger partial charge in [-0.3, -0.25) is 4.21 Å². The molecule has 1 unspecified atom stereocenters. The molecular weight excluding hydrogens is 260 g/mol. The summed E-state index contributed by atoms with van der Waals surface area (Å²) in [6, 6.07) is 0. The third kappa shape index (κ3) is 5.92. The average Bonchev–Trinajstić information content (AvgIpc) is 2.72. The number of rotatable bonds is 10. The Labute approximate surface area is 120 Å². The molecule has 0 aromatic rings. The summed E-state index contributed by atoms with van der Waals surface area (Å²) < 4.78 is 12.0. The van der Waals surface area contributed by atoms with Gasteiger partial charge in [-0.05, 0) is 30.6 Å². The largest absolute Gasteiger partial charge is 0.254 e. The van der Waals surface area contributed by atoms with Gasteiger partial charge in [0.15, 0.2) is 0 Å². The Morgan fingerprint density at radius 3 is 2.17 bits per heavy atom. The zero-order valence-corrected chi connectivity index (χ0v) is 13.6. The van der Waals surface area contributed by atoms with Gasteiger partial charge in [0.2, 0.25) is 0 Å². The fourth-order valence-corrected chi connectivity index (χ4v) is 5.59. The minimum atomic E-state index is -0.661. The van der Waals surface area contributed by atoms with Crippen LogP contribution in [-0.2, 0) is 10.8 Å². The Kier molecular flexibility index (Phi) is 9.12. The van der Waals surface area contributed by atoms with E-state index in [1.165, 1.54) is 67.6 Å². The van der Waals surface area contributed by atoms with Crippen LogP contribution in [0.15, 0.2) is 9.81 Å². The van der Waals surface area contributed by atoms with E-state index in [0.717, 1.165) is 11.5 Å². The highest BCUT2D eigenvalue weighted by Gasteiger charge is 2.21. The zero-order chi connectivity index (χ0) is 13.2. The molecule has 1 atom stereocenters. The summed E-state index contributed by atoms with van der Waals surface area (Å²) >= 11 is 1.86. The first-order valence-corrected chi connectivity index (χ1v) is 9.83. The van der Waals surface area contributed by atoms with Crippen LogP contribution in [-0.4, -0.2) is 9.29 Å². The Hall–Kier alpha value is 0.240. The van der Waals surface area contributed by atoms with E-state index in [0.29, 0.717) is 0 Å². The molecule has 1 aliphatic rings. The van der Waals surface area contributed by atoms with E-state index >= 15 is 0 Å². The molecule has 0 aromatic carbocycles. The van der Waals surface area contributed by atoms with Crippen LogP contribution < -0.4 is 0 Å². The van der Waals surface area contributed by atoms with E-state index in [-0.39, 0.29) is 0 Å². The van der Waals surface area contributed by atoms with Gasteiger partial charge < -0.3 is 0 Å². The van der Waals surface area contributed by atoms with Crippen molar-refractivity contribution in [2.24, 2.45) is 0 Å². The highest BCUT2D eigenvalue weighted by atomic mass is 32.2. The van der Waals surface area contributed by atoms with Gasteiger partial charge >= 0.3 is 0 Å². The maximum atomic E-state index is 12.0. The third-order valence-corrected chi connectivity index (χ3v) is 6.70. The maximum Gasteiger partial charge on any atom is 0.0780 e. The topological polar surface area (TPSA) is 17.1 Å². The second-order valence-corrected chi connectivity index (χ2v) is 7.98. The second-order valence-electron chi connectivity index (χ2n) is 5.08. The average molecular weight is 289 g/mol. The normalized spacial score (nSPS) is 19.8. The Balaban J connectivity index is 2.34. The highest BCUT2D eigenvalue weighted by molar-refractivity contribution is 8.16. The lowest BCUT2D eigenvalue weighted by atomic mass is 10.1. The molecule has 0 fully saturated rings. The van der Waals surface area contributed by atoms with Crippen LogP contribution in [0.3, 0.4) is 0 Å². The molecule has 0 amide bonds. The first-order valence-electron chi connectivity index (χ1n) is 7.52. The van der Waals surface area contributed by atoms with Crippen molar-refractivity contribution in [1.29, 1.82) is 0 Å². The van der Waals surface area contributed by atoms with E-state index in [2.05, 4.69) is 13.8 Å². The Morgan fingerprint density at radius 1 is 0.944 bits per heavy atom. The van der Waals surface area contributed by atoms with Gasteiger partial charge in [-0.1, -0.05) is 52.4 Å². The molecule has 18 heavy (non-hydrogen) atoms. The molecule has 3 heteroatoms. The van der Waals surface area contributed by atoms with Crippen LogP contribution in [0.2, 0.25) is 0 Å². The van der Waals surface area contributed by atoms with Crippen molar-refractivity contribution in [1.82, 2.24) is 0 Å². The first-order chi connectivity index (χ1) is 8.79. The third-order valence-electron chi connectivity index (χ3n) is 3.44. The molecule has 1 aliphatic heterocycles. The van der Waals surface area contributed by atoms with Gasteiger partial charge in [-0.15, -0.1) is 11.8 Å². The summed E-state index contributed by atoms with van der Waals surface area (Å²) in [6.07, 6.45) is 12.6. The summed E-state index contributed by atoms with van der Waals surface area (Å²) in [5, 5.41) is 0.826. The van der Waals surface area contributed by atoms with E-state index in [1.807, 2.05) is 11.8 Å². The number of thioether (sulfide) groups is 1. The highest BCUT2D eigenvalue weighted by Crippen LogP contribution is 2.37. The van der Waals surface area contributed by atoms with E-state index in [4.69, 9.17) is 0 Å². The molecule has 1 heterocycles. The molecule has 0 saturated heterocycles. The van der Waals surface area contributed by atoms with Crippen LogP contribution in [0.1, 0.15) is 78.1 Å². The fraction of sp³-hybridized carbons (Fsp3) is 0.867. The molecule has 0 aromatic heterocycles. The number of hydrogen-bond donors (Lipinski definition) is 0. The van der Waals surface area contributed by atoms with E-state index < -0.39 is 10.8 Å². The van der Waals surface area contributed by atoms with Gasteiger partial charge in [0.1, 0.15) is 0 Å². The van der Waals surface area contributed by atoms with Crippen molar-refractivity contribution in [3.63, 3.8) is 0 Å². The lowest BCUT2D eigenvalue weighted by Gasteiger charge is -2.05. The number of allylic oxidation sites excluding steroid dienone is 2. The lowest BCUT2D eigenvalue weighted by Crippen LogP contribution is -1.93. The summed E-state index contributed by atoms with van der Waals surface area (Å²) in [7, 11) is -0.661. The van der Waals surface area contributed by atoms with Crippen molar-refractivity contribution >= 4 is 22.6 Å². The monoisotopic (exact) mass is 288 g/mol. The van der Waals surface area contributed by atoms with E-state index in [9.17, 15) is 4.21 Å². The lowest BCUT2D eigenvalue weighted by molar-refractivity contribution is 0.656. The molecule has 0 N–H and O–H groups in total. The Morgan fingerprint density at radius 2 is 1.56 bits per heavy atom. The van der Waals surface area contributed by atoms with Gasteiger partial charge in [-0.2, -0.15) is 0 Å². The predicted octanol–water partition coefficient (Wildman–Crippen LogP) is 5.59. The van der Waals surface area contributed by atoms with Crippen molar-refractivity contribution in [2.45, 2.75) is 78.1 Å². The van der Waals surface area contributed by atoms with Gasteiger partial charge in [0.25, 0.3) is 0 Å². The quantitative estimate of drug-likeness (QED) is 0.487. The summed E-state index contributed by atoms with van der Waals surface area (Å²) in [5.74, 6) is 0. The standard InChI is InChI=1S/C15H28OS2/c1-3-5-7-9-11-14-15(18(16)13-17-14)12-10-8-6-4-2/h3-13H2,1-2H3. The van der Waals surface area contributed by atoms with Crippen LogP contribution in [0.25, 0.3) is 0 Å². The van der Waals surface area contributed by atoms with Gasteiger partial charge in [0, 0.05) is 4.91 Å². The summed E-state index contributed by atoms with van der Waals surface area (Å²) in [5.41, 5.74) is 0. The van der Waals surface area contributed by atoms with E-state index in [1.54, 1.807) is 0 Å². The molecule has 0 radical (unpaired) electrons. The molecule has 0 aliphatic carbocycles. The summed E-state index contributed by atoms with van der Waals surface area (Å²) in [6.45, 7) is 4.49. The van der Waals surface area contributed by atoms with Gasteiger partial charge in [-0.25, -0.2) is 0 Å². The smallest absolute Gasteiger partial charge is 0.0780 e. The van der Waals surface area contributed by atoms with Crippen LogP contribution in [0.5, 0.6) is 0 Å². The molecule has 1 rings (SSSR count). The van der Waals surface area contributed by atoms with Crippen LogP contribution in [0, 0.1) is 0 Å². The number of hydrogen-bond acceptors (Lipinski definition) is 2. The summed E-state index contributed by atoms with van der Waals surface area (Å²) in [4.78, 5) is 2.77. The molecule has 0 saturated carbocycles. The Bertz CT molecular complexity index is 284. The molecule has 106 valence electrons. The molecule has 0 spiro atoms. The van der Waals surface area contributed by atoms with Crippen molar-refractivity contribution < 1.29 is 4.21 Å². The first kappa shape index (κ1) is 16.3. The van der Waals surface area contributed by atoms with Crippen LogP contribution in [0.4, 0.5) is 0 Å². The zero-order valence-electron chi connectivity index (χ0n) is 12.0. The van der Waals surface area contributed by atoms with Gasteiger partial charge in [0.05, 0.1) is 15.9 Å². The minimum absolute atomic E-state index is 0.661. The van der Waals surface area contributed by atoms with Crippen LogP contribution >= 0.6 is 11.8 Å². The van der Waals surface area contributed by atoms with Crippen molar-refractivity contribution in [3.05, 3.63) is 9.81 Å². The number of unbranched alkanes of at least 4 members (excludes halogenated alkanes) is 6. The molecule has 0 bridgehead atoms. The van der Waals surface area contributed by atoms with Crippen molar-refractivity contribution in [2.75, 3.05) is 5.08 Å². The molecular formula is C15H28OS2. The SMILES string of the molecule is CCCCCCC1=C(CCCCCC)S(=O)CS1. The fourth-order valence-electron chi connectivity index (χ4n) is 2.29. The van der Waals surface area contributed by atoms with Crippen molar-refractivity contribution in [3.8, 4) is 0 Å². The minimum Gasteiger partial charge on any atom is -0.254 e. The maximum absolute atomic E-state index is 12.0. The molecule has 1 nitrogen and oxygen atoms in total. The predicted molar refractivity (Wildman–Crippen MR) is 85.1 cm³/mol.